The molecule has 0 saturated carbocycles. The highest BCUT2D eigenvalue weighted by Gasteiger charge is 2.33. The normalized spacial score (nSPS) is 11.2. The van der Waals surface area contributed by atoms with E-state index in [1.165, 1.54) is 24.0 Å². The van der Waals surface area contributed by atoms with Crippen LogP contribution in [0.5, 0.6) is 0 Å². The maximum Gasteiger partial charge on any atom is 0.433 e. The first-order valence-corrected chi connectivity index (χ1v) is 9.28. The van der Waals surface area contributed by atoms with Crippen molar-refractivity contribution in [2.24, 2.45) is 0 Å². The summed E-state index contributed by atoms with van der Waals surface area (Å²) in [7, 11) is 0. The zero-order chi connectivity index (χ0) is 22.4. The number of carbonyl (C=O) groups is 2. The smallest absolute Gasteiger partial charge is 0.354 e. The Labute approximate surface area is 175 Å². The standard InChI is InChI=1S/C20H19F3N6O2/c1-13-9-16(20(21,22)23)28-17(26-13)7-8-24-18(30)12-29-11-15(10-25-29)27-19(31)14-5-3-2-4-6-14/h2-6,9-11H,7-8,12H2,1H3,(H,24,30)(H,27,31). The molecule has 0 bridgehead atoms. The van der Waals surface area contributed by atoms with Gasteiger partial charge < -0.3 is 10.6 Å². The van der Waals surface area contributed by atoms with Crippen LogP contribution in [-0.4, -0.2) is 38.1 Å². The van der Waals surface area contributed by atoms with Crippen LogP contribution in [-0.2, 0) is 23.9 Å². The molecule has 8 nitrogen and oxygen atoms in total. The van der Waals surface area contributed by atoms with E-state index in [0.717, 1.165) is 6.07 Å². The fourth-order valence-corrected chi connectivity index (χ4v) is 2.71. The summed E-state index contributed by atoms with van der Waals surface area (Å²) in [5, 5.41) is 9.27. The van der Waals surface area contributed by atoms with Crippen molar-refractivity contribution < 1.29 is 22.8 Å². The van der Waals surface area contributed by atoms with Gasteiger partial charge in [0.05, 0.1) is 11.9 Å². The van der Waals surface area contributed by atoms with Crippen molar-refractivity contribution >= 4 is 17.5 Å². The van der Waals surface area contributed by atoms with Crippen LogP contribution in [0.25, 0.3) is 0 Å². The number of benzene rings is 1. The Morgan fingerprint density at radius 2 is 1.87 bits per heavy atom. The van der Waals surface area contributed by atoms with E-state index in [2.05, 4.69) is 25.7 Å². The van der Waals surface area contributed by atoms with Gasteiger partial charge in [-0.3, -0.25) is 14.3 Å². The Bertz CT molecular complexity index is 1070. The number of hydrogen-bond donors (Lipinski definition) is 2. The van der Waals surface area contributed by atoms with Crippen molar-refractivity contribution in [2.45, 2.75) is 26.1 Å². The van der Waals surface area contributed by atoms with Crippen molar-refractivity contribution in [3.63, 3.8) is 0 Å². The molecule has 0 radical (unpaired) electrons. The molecule has 162 valence electrons. The van der Waals surface area contributed by atoms with Gasteiger partial charge in [0.15, 0.2) is 0 Å². The Morgan fingerprint density at radius 1 is 1.13 bits per heavy atom. The third kappa shape index (κ3) is 6.36. The van der Waals surface area contributed by atoms with Gasteiger partial charge in [0.1, 0.15) is 18.1 Å². The van der Waals surface area contributed by atoms with E-state index in [0.29, 0.717) is 11.3 Å². The molecule has 1 aromatic carbocycles. The molecule has 3 aromatic rings. The van der Waals surface area contributed by atoms with Gasteiger partial charge in [0, 0.05) is 30.4 Å². The Hall–Kier alpha value is -3.76. The summed E-state index contributed by atoms with van der Waals surface area (Å²) in [6.45, 7) is 1.40. The minimum Gasteiger partial charge on any atom is -0.354 e. The van der Waals surface area contributed by atoms with Crippen molar-refractivity contribution in [2.75, 3.05) is 11.9 Å². The first-order chi connectivity index (χ1) is 14.7. The first-order valence-electron chi connectivity index (χ1n) is 9.28. The second-order valence-corrected chi connectivity index (χ2v) is 6.66. The van der Waals surface area contributed by atoms with E-state index in [1.807, 2.05) is 0 Å². The molecule has 0 atom stereocenters. The average Bonchev–Trinajstić information content (AvgIpc) is 3.14. The zero-order valence-corrected chi connectivity index (χ0v) is 16.5. The lowest BCUT2D eigenvalue weighted by molar-refractivity contribution is -0.141. The second-order valence-electron chi connectivity index (χ2n) is 6.66. The minimum absolute atomic E-state index is 0.00220. The number of alkyl halides is 3. The van der Waals surface area contributed by atoms with E-state index < -0.39 is 17.8 Å². The van der Waals surface area contributed by atoms with Crippen LogP contribution in [0.3, 0.4) is 0 Å². The van der Waals surface area contributed by atoms with Crippen molar-refractivity contribution in [3.05, 3.63) is 71.6 Å². The lowest BCUT2D eigenvalue weighted by atomic mass is 10.2. The highest BCUT2D eigenvalue weighted by Crippen LogP contribution is 2.27. The van der Waals surface area contributed by atoms with E-state index in [9.17, 15) is 22.8 Å². The predicted molar refractivity (Wildman–Crippen MR) is 105 cm³/mol. The molecule has 0 saturated heterocycles. The summed E-state index contributed by atoms with van der Waals surface area (Å²) in [6.07, 6.45) is -1.60. The zero-order valence-electron chi connectivity index (χ0n) is 16.5. The van der Waals surface area contributed by atoms with Crippen LogP contribution in [0.2, 0.25) is 0 Å². The molecule has 2 amide bonds. The maximum atomic E-state index is 12.8. The Kier molecular flexibility index (Phi) is 6.63. The Balaban J connectivity index is 1.49. The van der Waals surface area contributed by atoms with Gasteiger partial charge in [0.2, 0.25) is 5.91 Å². The monoisotopic (exact) mass is 432 g/mol. The summed E-state index contributed by atoms with van der Waals surface area (Å²) in [5.74, 6) is -0.702. The molecular formula is C20H19F3N6O2. The van der Waals surface area contributed by atoms with Gasteiger partial charge in [-0.25, -0.2) is 9.97 Å². The molecule has 2 aromatic heterocycles. The molecule has 0 aliphatic heterocycles. The molecule has 0 fully saturated rings. The number of halogens is 3. The van der Waals surface area contributed by atoms with Gasteiger partial charge in [0.25, 0.3) is 5.91 Å². The van der Waals surface area contributed by atoms with Crippen molar-refractivity contribution in [1.29, 1.82) is 0 Å². The summed E-state index contributed by atoms with van der Waals surface area (Å²) in [6, 6.07) is 9.50. The largest absolute Gasteiger partial charge is 0.433 e. The topological polar surface area (TPSA) is 102 Å². The lowest BCUT2D eigenvalue weighted by Crippen LogP contribution is -2.30. The van der Waals surface area contributed by atoms with Gasteiger partial charge >= 0.3 is 6.18 Å². The number of hydrogen-bond acceptors (Lipinski definition) is 5. The van der Waals surface area contributed by atoms with Gasteiger partial charge in [-0.2, -0.15) is 18.3 Å². The third-order valence-electron chi connectivity index (χ3n) is 4.09. The summed E-state index contributed by atoms with van der Waals surface area (Å²) in [4.78, 5) is 31.7. The third-order valence-corrected chi connectivity index (χ3v) is 4.09. The number of anilines is 1. The minimum atomic E-state index is -4.56. The number of amides is 2. The second kappa shape index (κ2) is 9.37. The number of nitrogens with zero attached hydrogens (tertiary/aromatic N) is 4. The molecule has 11 heteroatoms. The van der Waals surface area contributed by atoms with Gasteiger partial charge in [-0.05, 0) is 25.1 Å². The van der Waals surface area contributed by atoms with E-state index >= 15 is 0 Å². The molecule has 2 N–H and O–H groups in total. The first kappa shape index (κ1) is 21.9. The number of aromatic nitrogens is 4. The molecule has 0 aliphatic carbocycles. The summed E-state index contributed by atoms with van der Waals surface area (Å²) in [5.41, 5.74) is 0.0998. The highest BCUT2D eigenvalue weighted by atomic mass is 19.4. The van der Waals surface area contributed by atoms with E-state index in [1.54, 1.807) is 30.3 Å². The number of carbonyl (C=O) groups excluding carboxylic acids is 2. The van der Waals surface area contributed by atoms with E-state index in [-0.39, 0.29) is 36.9 Å². The Morgan fingerprint density at radius 3 is 2.58 bits per heavy atom. The fraction of sp³-hybridized carbons (Fsp3) is 0.250. The summed E-state index contributed by atoms with van der Waals surface area (Å²) < 4.78 is 39.8. The fourth-order valence-electron chi connectivity index (χ4n) is 2.71. The molecular weight excluding hydrogens is 413 g/mol. The molecule has 3 rings (SSSR count). The number of rotatable bonds is 7. The van der Waals surface area contributed by atoms with Crippen LogP contribution in [0.4, 0.5) is 18.9 Å². The molecule has 0 unspecified atom stereocenters. The highest BCUT2D eigenvalue weighted by molar-refractivity contribution is 6.04. The van der Waals surface area contributed by atoms with Crippen LogP contribution in [0, 0.1) is 6.92 Å². The SMILES string of the molecule is Cc1cc(C(F)(F)F)nc(CCNC(=O)Cn2cc(NC(=O)c3ccccc3)cn2)n1. The number of aryl methyl sites for hydroxylation is 1. The van der Waals surface area contributed by atoms with Gasteiger partial charge in [-0.1, -0.05) is 18.2 Å². The lowest BCUT2D eigenvalue weighted by Gasteiger charge is -2.09. The van der Waals surface area contributed by atoms with Crippen molar-refractivity contribution in [1.82, 2.24) is 25.1 Å². The van der Waals surface area contributed by atoms with E-state index in [4.69, 9.17) is 0 Å². The van der Waals surface area contributed by atoms with Crippen LogP contribution >= 0.6 is 0 Å². The quantitative estimate of drug-likeness (QED) is 0.598. The molecule has 0 spiro atoms. The van der Waals surface area contributed by atoms with Crippen molar-refractivity contribution in [3.8, 4) is 0 Å². The number of nitrogens with one attached hydrogen (secondary N) is 2. The molecule has 0 aliphatic rings. The maximum absolute atomic E-state index is 12.8. The van der Waals surface area contributed by atoms with Crippen LogP contribution in [0.15, 0.2) is 48.8 Å². The average molecular weight is 432 g/mol. The van der Waals surface area contributed by atoms with Crippen LogP contribution in [0.1, 0.15) is 27.6 Å². The summed E-state index contributed by atoms with van der Waals surface area (Å²) >= 11 is 0. The van der Waals surface area contributed by atoms with Gasteiger partial charge in [-0.15, -0.1) is 0 Å². The molecule has 2 heterocycles. The predicted octanol–water partition coefficient (Wildman–Crippen LogP) is 2.61. The van der Waals surface area contributed by atoms with Crippen LogP contribution < -0.4 is 10.6 Å². The molecule has 31 heavy (non-hydrogen) atoms.